The number of nitrogens with one attached hydrogen (secondary N) is 2. The lowest BCUT2D eigenvalue weighted by Gasteiger charge is -2.33. The van der Waals surface area contributed by atoms with E-state index >= 15 is 0 Å². The molecule has 3 rings (SSSR count). The molecule has 0 aromatic heterocycles. The second kappa shape index (κ2) is 8.32. The molecule has 26 heavy (non-hydrogen) atoms. The monoisotopic (exact) mass is 367 g/mol. The zero-order valence-electron chi connectivity index (χ0n) is 15.3. The van der Waals surface area contributed by atoms with Crippen LogP contribution in [0.25, 0.3) is 0 Å². The van der Waals surface area contributed by atoms with Gasteiger partial charge < -0.3 is 15.5 Å². The average molecular weight is 368 g/mol. The van der Waals surface area contributed by atoms with Crippen LogP contribution in [-0.4, -0.2) is 35.1 Å². The maximum absolute atomic E-state index is 12.5. The summed E-state index contributed by atoms with van der Waals surface area (Å²) in [4.78, 5) is 14.4. The van der Waals surface area contributed by atoms with Gasteiger partial charge in [-0.3, -0.25) is 4.79 Å². The molecule has 1 amide bonds. The highest BCUT2D eigenvalue weighted by molar-refractivity contribution is 7.80. The highest BCUT2D eigenvalue weighted by Crippen LogP contribution is 2.17. The van der Waals surface area contributed by atoms with Crippen LogP contribution >= 0.6 is 12.2 Å². The van der Waals surface area contributed by atoms with Gasteiger partial charge in [0.2, 0.25) is 0 Å². The molecular weight excluding hydrogens is 342 g/mol. The maximum atomic E-state index is 12.5. The number of carbonyl (C=O) groups is 1. The summed E-state index contributed by atoms with van der Waals surface area (Å²) in [7, 11) is 0. The number of likely N-dealkylation sites (tertiary alicyclic amines) is 1. The van der Waals surface area contributed by atoms with Crippen LogP contribution in [0.1, 0.15) is 34.3 Å². The molecule has 0 aliphatic carbocycles. The van der Waals surface area contributed by atoms with Gasteiger partial charge in [0.25, 0.3) is 5.91 Å². The zero-order valence-corrected chi connectivity index (χ0v) is 16.1. The number of anilines is 1. The van der Waals surface area contributed by atoms with Crippen LogP contribution in [-0.2, 0) is 0 Å². The van der Waals surface area contributed by atoms with E-state index in [-0.39, 0.29) is 5.91 Å². The topological polar surface area (TPSA) is 44.4 Å². The van der Waals surface area contributed by atoms with E-state index in [9.17, 15) is 4.79 Å². The van der Waals surface area contributed by atoms with Crippen LogP contribution in [0.3, 0.4) is 0 Å². The first-order valence-electron chi connectivity index (χ1n) is 9.02. The van der Waals surface area contributed by atoms with Gasteiger partial charge in [-0.25, -0.2) is 0 Å². The molecule has 2 aromatic carbocycles. The van der Waals surface area contributed by atoms with Crippen molar-refractivity contribution in [3.63, 3.8) is 0 Å². The fourth-order valence-electron chi connectivity index (χ4n) is 3.20. The van der Waals surface area contributed by atoms with Crippen molar-refractivity contribution in [2.75, 3.05) is 18.4 Å². The first-order valence-corrected chi connectivity index (χ1v) is 9.43. The third-order valence-electron chi connectivity index (χ3n) is 4.78. The summed E-state index contributed by atoms with van der Waals surface area (Å²) < 4.78 is 0. The van der Waals surface area contributed by atoms with E-state index in [4.69, 9.17) is 12.2 Å². The first kappa shape index (κ1) is 18.4. The molecule has 1 aliphatic heterocycles. The van der Waals surface area contributed by atoms with Crippen LogP contribution in [0.2, 0.25) is 0 Å². The Balaban J connectivity index is 1.50. The SMILES string of the molecule is Cc1ccc(C)c(NC(=S)NC2CCN(C(=O)c3ccccc3)CC2)c1. The summed E-state index contributed by atoms with van der Waals surface area (Å²) in [6.07, 6.45) is 1.79. The van der Waals surface area contributed by atoms with Crippen molar-refractivity contribution in [2.45, 2.75) is 32.7 Å². The number of amides is 1. The Morgan fingerprint density at radius 1 is 1.08 bits per heavy atom. The molecule has 2 aromatic rings. The normalized spacial score (nSPS) is 14.8. The van der Waals surface area contributed by atoms with Crippen LogP contribution in [0.5, 0.6) is 0 Å². The molecule has 1 saturated heterocycles. The standard InChI is InChI=1S/C21H25N3OS/c1-15-8-9-16(2)19(14-15)23-21(26)22-18-10-12-24(13-11-18)20(25)17-6-4-3-5-7-17/h3-9,14,18H,10-13H2,1-2H3,(H2,22,23,26). The molecule has 0 atom stereocenters. The number of rotatable bonds is 3. The lowest BCUT2D eigenvalue weighted by atomic mass is 10.0. The molecule has 1 aliphatic rings. The molecule has 0 unspecified atom stereocenters. The van der Waals surface area contributed by atoms with Crippen LogP contribution < -0.4 is 10.6 Å². The fraction of sp³-hybridized carbons (Fsp3) is 0.333. The summed E-state index contributed by atoms with van der Waals surface area (Å²) in [5.74, 6) is 0.111. The Bertz CT molecular complexity index is 783. The highest BCUT2D eigenvalue weighted by atomic mass is 32.1. The van der Waals surface area contributed by atoms with Crippen molar-refractivity contribution in [3.05, 3.63) is 65.2 Å². The van der Waals surface area contributed by atoms with Gasteiger partial charge in [-0.1, -0.05) is 30.3 Å². The lowest BCUT2D eigenvalue weighted by Crippen LogP contribution is -2.47. The maximum Gasteiger partial charge on any atom is 0.253 e. The summed E-state index contributed by atoms with van der Waals surface area (Å²) in [5, 5.41) is 7.34. The molecular formula is C21H25N3OS. The fourth-order valence-corrected chi connectivity index (χ4v) is 3.48. The smallest absolute Gasteiger partial charge is 0.253 e. The van der Waals surface area contributed by atoms with Gasteiger partial charge in [-0.15, -0.1) is 0 Å². The van der Waals surface area contributed by atoms with E-state index in [1.807, 2.05) is 35.2 Å². The molecule has 0 saturated carbocycles. The largest absolute Gasteiger partial charge is 0.360 e. The molecule has 0 spiro atoms. The van der Waals surface area contributed by atoms with E-state index < -0.39 is 0 Å². The summed E-state index contributed by atoms with van der Waals surface area (Å²) in [5.41, 5.74) is 4.17. The molecule has 1 heterocycles. The Hall–Kier alpha value is -2.40. The predicted octanol–water partition coefficient (Wildman–Crippen LogP) is 3.89. The number of aryl methyl sites for hydroxylation is 2. The Morgan fingerprint density at radius 2 is 1.77 bits per heavy atom. The number of benzene rings is 2. The van der Waals surface area contributed by atoms with Gasteiger partial charge in [0.05, 0.1) is 0 Å². The van der Waals surface area contributed by atoms with E-state index in [1.165, 1.54) is 11.1 Å². The number of hydrogen-bond acceptors (Lipinski definition) is 2. The van der Waals surface area contributed by atoms with E-state index in [2.05, 4.69) is 42.7 Å². The Morgan fingerprint density at radius 3 is 2.46 bits per heavy atom. The van der Waals surface area contributed by atoms with E-state index in [0.29, 0.717) is 11.2 Å². The molecule has 2 N–H and O–H groups in total. The third-order valence-corrected chi connectivity index (χ3v) is 5.00. The summed E-state index contributed by atoms with van der Waals surface area (Å²) in [6, 6.07) is 16.1. The minimum Gasteiger partial charge on any atom is -0.360 e. The van der Waals surface area contributed by atoms with Gasteiger partial charge in [0, 0.05) is 30.4 Å². The second-order valence-electron chi connectivity index (χ2n) is 6.85. The van der Waals surface area contributed by atoms with Crippen LogP contribution in [0, 0.1) is 13.8 Å². The number of hydrogen-bond donors (Lipinski definition) is 2. The second-order valence-corrected chi connectivity index (χ2v) is 7.26. The predicted molar refractivity (Wildman–Crippen MR) is 111 cm³/mol. The summed E-state index contributed by atoms with van der Waals surface area (Å²) in [6.45, 7) is 5.63. The van der Waals surface area contributed by atoms with Gasteiger partial charge >= 0.3 is 0 Å². The number of thiocarbonyl (C=S) groups is 1. The molecule has 0 radical (unpaired) electrons. The number of piperidine rings is 1. The number of carbonyl (C=O) groups excluding carboxylic acids is 1. The minimum absolute atomic E-state index is 0.111. The molecule has 1 fully saturated rings. The van der Waals surface area contributed by atoms with Gasteiger partial charge in [0.15, 0.2) is 5.11 Å². The van der Waals surface area contributed by atoms with Gasteiger partial charge in [0.1, 0.15) is 0 Å². The van der Waals surface area contributed by atoms with Crippen molar-refractivity contribution in [1.82, 2.24) is 10.2 Å². The van der Waals surface area contributed by atoms with Crippen molar-refractivity contribution in [3.8, 4) is 0 Å². The van der Waals surface area contributed by atoms with Crippen molar-refractivity contribution >= 4 is 28.9 Å². The third kappa shape index (κ3) is 4.61. The van der Waals surface area contributed by atoms with Crippen LogP contribution in [0.4, 0.5) is 5.69 Å². The van der Waals surface area contributed by atoms with Gasteiger partial charge in [-0.2, -0.15) is 0 Å². The number of nitrogens with zero attached hydrogens (tertiary/aromatic N) is 1. The highest BCUT2D eigenvalue weighted by Gasteiger charge is 2.23. The van der Waals surface area contributed by atoms with Crippen molar-refractivity contribution in [2.24, 2.45) is 0 Å². The first-order chi connectivity index (χ1) is 12.5. The quantitative estimate of drug-likeness (QED) is 0.808. The Labute approximate surface area is 160 Å². The van der Waals surface area contributed by atoms with Crippen molar-refractivity contribution < 1.29 is 4.79 Å². The zero-order chi connectivity index (χ0) is 18.5. The molecule has 5 heteroatoms. The summed E-state index contributed by atoms with van der Waals surface area (Å²) >= 11 is 5.47. The van der Waals surface area contributed by atoms with E-state index in [1.54, 1.807) is 0 Å². The van der Waals surface area contributed by atoms with Gasteiger partial charge in [-0.05, 0) is 68.2 Å². The average Bonchev–Trinajstić information content (AvgIpc) is 2.65. The Kier molecular flexibility index (Phi) is 5.89. The van der Waals surface area contributed by atoms with Crippen LogP contribution in [0.15, 0.2) is 48.5 Å². The van der Waals surface area contributed by atoms with E-state index in [0.717, 1.165) is 37.2 Å². The van der Waals surface area contributed by atoms with Crippen molar-refractivity contribution in [1.29, 1.82) is 0 Å². The molecule has 4 nitrogen and oxygen atoms in total. The lowest BCUT2D eigenvalue weighted by molar-refractivity contribution is 0.0710. The molecule has 0 bridgehead atoms. The molecule has 136 valence electrons. The minimum atomic E-state index is 0.111.